The van der Waals surface area contributed by atoms with Crippen LogP contribution in [0, 0.1) is 5.92 Å². The van der Waals surface area contributed by atoms with Gasteiger partial charge in [0, 0.05) is 31.8 Å². The van der Waals surface area contributed by atoms with E-state index in [4.69, 9.17) is 0 Å². The fourth-order valence-corrected chi connectivity index (χ4v) is 3.88. The highest BCUT2D eigenvalue weighted by Crippen LogP contribution is 2.49. The maximum Gasteiger partial charge on any atom is 0.414 e. The molecular weight excluding hydrogens is 256 g/mol. The summed E-state index contributed by atoms with van der Waals surface area (Å²) >= 11 is 0. The third-order valence-electron chi connectivity index (χ3n) is 4.58. The number of fused-ring (bicyclic) bond motifs is 2. The van der Waals surface area contributed by atoms with Crippen molar-refractivity contribution in [3.05, 3.63) is 22.9 Å². The highest BCUT2D eigenvalue weighted by atomic mass is 16.4. The summed E-state index contributed by atoms with van der Waals surface area (Å²) in [5, 5.41) is 9.41. The van der Waals surface area contributed by atoms with Gasteiger partial charge in [0.05, 0.1) is 6.04 Å². The summed E-state index contributed by atoms with van der Waals surface area (Å²) in [5.74, 6) is -0.303. The van der Waals surface area contributed by atoms with Gasteiger partial charge in [-0.15, -0.1) is 0 Å². The van der Waals surface area contributed by atoms with Crippen LogP contribution in [0.25, 0.3) is 0 Å². The van der Waals surface area contributed by atoms with Gasteiger partial charge >= 0.3 is 6.09 Å². The number of amides is 2. The second kappa shape index (κ2) is 4.65. The highest BCUT2D eigenvalue weighted by Gasteiger charge is 2.52. The van der Waals surface area contributed by atoms with Crippen LogP contribution >= 0.6 is 0 Å². The Labute approximate surface area is 118 Å². The van der Waals surface area contributed by atoms with Gasteiger partial charge in [-0.1, -0.05) is 5.57 Å². The molecule has 1 saturated heterocycles. The van der Waals surface area contributed by atoms with E-state index in [0.717, 1.165) is 30.6 Å². The molecule has 0 aromatic heterocycles. The molecule has 0 unspecified atom stereocenters. The molecule has 0 bridgehead atoms. The lowest BCUT2D eigenvalue weighted by molar-refractivity contribution is -0.123. The predicted octanol–water partition coefficient (Wildman–Crippen LogP) is 2.21. The SMILES string of the molecule is CN(C)/C=C1/C(=O)N(C(=O)O)[C@@H]2C3=C(CCCC3)C[C@H]12. The first kappa shape index (κ1) is 13.2. The van der Waals surface area contributed by atoms with Crippen LogP contribution in [-0.4, -0.2) is 47.0 Å². The van der Waals surface area contributed by atoms with Gasteiger partial charge in [0.1, 0.15) is 0 Å². The molecule has 5 heteroatoms. The molecule has 2 amide bonds. The third kappa shape index (κ3) is 1.84. The number of imide groups is 1. The van der Waals surface area contributed by atoms with E-state index in [1.807, 2.05) is 19.0 Å². The van der Waals surface area contributed by atoms with Crippen molar-refractivity contribution in [1.29, 1.82) is 0 Å². The van der Waals surface area contributed by atoms with Crippen LogP contribution in [0.15, 0.2) is 22.9 Å². The summed E-state index contributed by atoms with van der Waals surface area (Å²) in [6.07, 6.45) is 5.84. The minimum atomic E-state index is -1.12. The summed E-state index contributed by atoms with van der Waals surface area (Å²) in [6.45, 7) is 0. The number of rotatable bonds is 1. The van der Waals surface area contributed by atoms with E-state index in [2.05, 4.69) is 0 Å². The number of carbonyl (C=O) groups excluding carboxylic acids is 1. The smallest absolute Gasteiger partial charge is 0.414 e. The molecule has 0 radical (unpaired) electrons. The van der Waals surface area contributed by atoms with E-state index in [0.29, 0.717) is 5.57 Å². The number of likely N-dealkylation sites (tertiary alicyclic amines) is 1. The van der Waals surface area contributed by atoms with Crippen molar-refractivity contribution >= 4 is 12.0 Å². The van der Waals surface area contributed by atoms with Crippen LogP contribution in [0.5, 0.6) is 0 Å². The zero-order valence-electron chi connectivity index (χ0n) is 11.9. The molecular formula is C15H20N2O3. The minimum Gasteiger partial charge on any atom is -0.465 e. The van der Waals surface area contributed by atoms with Crippen LogP contribution in [0.3, 0.4) is 0 Å². The van der Waals surface area contributed by atoms with Gasteiger partial charge in [0.15, 0.2) is 0 Å². The molecule has 1 fully saturated rings. The van der Waals surface area contributed by atoms with Crippen molar-refractivity contribution in [1.82, 2.24) is 9.80 Å². The van der Waals surface area contributed by atoms with E-state index < -0.39 is 6.09 Å². The van der Waals surface area contributed by atoms with E-state index in [9.17, 15) is 14.7 Å². The van der Waals surface area contributed by atoms with E-state index in [-0.39, 0.29) is 17.9 Å². The monoisotopic (exact) mass is 276 g/mol. The number of carboxylic acid groups (broad SMARTS) is 1. The average molecular weight is 276 g/mol. The van der Waals surface area contributed by atoms with Gasteiger partial charge in [-0.05, 0) is 37.7 Å². The first-order valence-electron chi connectivity index (χ1n) is 7.16. The molecule has 0 saturated carbocycles. The molecule has 3 aliphatic rings. The maximum absolute atomic E-state index is 12.4. The quantitative estimate of drug-likeness (QED) is 0.589. The third-order valence-corrected chi connectivity index (χ3v) is 4.58. The van der Waals surface area contributed by atoms with Crippen molar-refractivity contribution in [3.8, 4) is 0 Å². The highest BCUT2D eigenvalue weighted by molar-refractivity contribution is 6.06. The Morgan fingerprint density at radius 3 is 2.70 bits per heavy atom. The molecule has 2 atom stereocenters. The minimum absolute atomic E-state index is 0.0316. The fraction of sp³-hybridized carbons (Fsp3) is 0.600. The van der Waals surface area contributed by atoms with E-state index in [1.165, 1.54) is 17.6 Å². The van der Waals surface area contributed by atoms with Crippen LogP contribution in [0.4, 0.5) is 4.79 Å². The molecule has 108 valence electrons. The number of hydrogen-bond acceptors (Lipinski definition) is 3. The van der Waals surface area contributed by atoms with E-state index in [1.54, 1.807) is 6.20 Å². The van der Waals surface area contributed by atoms with Crippen molar-refractivity contribution in [2.24, 2.45) is 5.92 Å². The summed E-state index contributed by atoms with van der Waals surface area (Å²) in [7, 11) is 3.72. The first-order valence-corrected chi connectivity index (χ1v) is 7.16. The first-order chi connectivity index (χ1) is 9.50. The molecule has 20 heavy (non-hydrogen) atoms. The molecule has 1 N–H and O–H groups in total. The Balaban J connectivity index is 2.03. The second-order valence-corrected chi connectivity index (χ2v) is 6.10. The molecule has 0 aromatic rings. The lowest BCUT2D eigenvalue weighted by Crippen LogP contribution is -2.39. The number of hydrogen-bond donors (Lipinski definition) is 1. The van der Waals surface area contributed by atoms with Crippen molar-refractivity contribution in [2.45, 2.75) is 38.1 Å². The Bertz CT molecular complexity index is 533. The van der Waals surface area contributed by atoms with Crippen molar-refractivity contribution in [2.75, 3.05) is 14.1 Å². The largest absolute Gasteiger partial charge is 0.465 e. The Morgan fingerprint density at radius 1 is 1.35 bits per heavy atom. The lowest BCUT2D eigenvalue weighted by Gasteiger charge is -2.24. The molecule has 1 heterocycles. The van der Waals surface area contributed by atoms with Gasteiger partial charge < -0.3 is 10.0 Å². The molecule has 0 aromatic carbocycles. The van der Waals surface area contributed by atoms with Crippen LogP contribution in [-0.2, 0) is 4.79 Å². The standard InChI is InChI=1S/C15H20N2O3/c1-16(2)8-12-11-7-9-5-3-4-6-10(9)13(11)17(14(12)18)15(19)20/h8,11,13H,3-7H2,1-2H3,(H,19,20)/b12-8+/t11-,13-/m1/s1. The normalized spacial score (nSPS) is 30.8. The number of carbonyl (C=O) groups is 2. The lowest BCUT2D eigenvalue weighted by atomic mass is 9.92. The molecule has 5 nitrogen and oxygen atoms in total. The van der Waals surface area contributed by atoms with Gasteiger partial charge in [-0.3, -0.25) is 4.79 Å². The summed E-state index contributed by atoms with van der Waals surface area (Å²) in [4.78, 5) is 26.8. The molecule has 3 rings (SSSR count). The van der Waals surface area contributed by atoms with Crippen LogP contribution < -0.4 is 0 Å². The molecule has 0 spiro atoms. The Morgan fingerprint density at radius 2 is 2.05 bits per heavy atom. The summed E-state index contributed by atoms with van der Waals surface area (Å²) in [5.41, 5.74) is 3.27. The van der Waals surface area contributed by atoms with E-state index >= 15 is 0 Å². The van der Waals surface area contributed by atoms with Gasteiger partial charge in [-0.25, -0.2) is 9.69 Å². The zero-order chi connectivity index (χ0) is 14.4. The number of allylic oxidation sites excluding steroid dienone is 1. The summed E-state index contributed by atoms with van der Waals surface area (Å²) < 4.78 is 0. The topological polar surface area (TPSA) is 60.9 Å². The van der Waals surface area contributed by atoms with Gasteiger partial charge in [0.2, 0.25) is 0 Å². The maximum atomic E-state index is 12.4. The molecule has 1 aliphatic heterocycles. The van der Waals surface area contributed by atoms with Gasteiger partial charge in [0.25, 0.3) is 5.91 Å². The fourth-order valence-electron chi connectivity index (χ4n) is 3.88. The Hall–Kier alpha value is -1.78. The average Bonchev–Trinajstić information content (AvgIpc) is 2.86. The van der Waals surface area contributed by atoms with Crippen molar-refractivity contribution in [3.63, 3.8) is 0 Å². The second-order valence-electron chi connectivity index (χ2n) is 6.10. The van der Waals surface area contributed by atoms with Crippen LogP contribution in [0.2, 0.25) is 0 Å². The summed E-state index contributed by atoms with van der Waals surface area (Å²) in [6, 6.07) is -0.235. The Kier molecular flexibility index (Phi) is 3.07. The zero-order valence-corrected chi connectivity index (χ0v) is 11.9. The predicted molar refractivity (Wildman–Crippen MR) is 74.0 cm³/mol. The van der Waals surface area contributed by atoms with Crippen LogP contribution in [0.1, 0.15) is 32.1 Å². The van der Waals surface area contributed by atoms with Gasteiger partial charge in [-0.2, -0.15) is 0 Å². The number of nitrogens with zero attached hydrogens (tertiary/aromatic N) is 2. The molecule has 2 aliphatic carbocycles. The van der Waals surface area contributed by atoms with Crippen molar-refractivity contribution < 1.29 is 14.7 Å².